The van der Waals surface area contributed by atoms with E-state index in [0.29, 0.717) is 36.1 Å². The zero-order valence-corrected chi connectivity index (χ0v) is 17.2. The largest absolute Gasteiger partial charge is 0.607 e. The smallest absolute Gasteiger partial charge is 0.427 e. The average Bonchev–Trinajstić information content (AvgIpc) is 3.31. The van der Waals surface area contributed by atoms with Gasteiger partial charge in [0.1, 0.15) is 35.2 Å². The molecule has 0 aliphatic carbocycles. The number of carbonyl (C=O) groups excluding carboxylic acids is 1. The summed E-state index contributed by atoms with van der Waals surface area (Å²) < 4.78 is 23.2. The molecule has 0 bridgehead atoms. The molecule has 1 aliphatic heterocycles. The molecule has 7 nitrogen and oxygen atoms in total. The molecule has 1 fully saturated rings. The van der Waals surface area contributed by atoms with Crippen LogP contribution >= 0.6 is 0 Å². The second-order valence-corrected chi connectivity index (χ2v) is 8.72. The van der Waals surface area contributed by atoms with Crippen LogP contribution in [0.1, 0.15) is 23.1 Å². The highest BCUT2D eigenvalue weighted by molar-refractivity contribution is 8.06. The van der Waals surface area contributed by atoms with Gasteiger partial charge in [0.05, 0.1) is 17.7 Å². The minimum atomic E-state index is -1.49. The van der Waals surface area contributed by atoms with Gasteiger partial charge in [0.25, 0.3) is 0 Å². The van der Waals surface area contributed by atoms with Crippen LogP contribution in [-0.4, -0.2) is 38.3 Å². The quantitative estimate of drug-likeness (QED) is 0.562. The fourth-order valence-electron chi connectivity index (χ4n) is 3.30. The molecule has 8 heteroatoms. The normalized spacial score (nSPS) is 19.5. The summed E-state index contributed by atoms with van der Waals surface area (Å²) in [6.07, 6.45) is -0.377. The molecule has 1 saturated heterocycles. The minimum Gasteiger partial charge on any atom is -0.607 e. The van der Waals surface area contributed by atoms with Crippen LogP contribution in [-0.2, 0) is 17.6 Å². The first-order valence-corrected chi connectivity index (χ1v) is 10.8. The predicted octanol–water partition coefficient (Wildman–Crippen LogP) is 3.15. The van der Waals surface area contributed by atoms with Crippen LogP contribution in [0.4, 0.5) is 4.79 Å². The van der Waals surface area contributed by atoms with E-state index in [-0.39, 0.29) is 11.9 Å². The molecule has 0 radical (unpaired) electrons. The van der Waals surface area contributed by atoms with Crippen LogP contribution in [0.2, 0.25) is 0 Å². The summed E-state index contributed by atoms with van der Waals surface area (Å²) in [4.78, 5) is 15.8. The number of aromatic nitrogens is 1. The van der Waals surface area contributed by atoms with E-state index in [2.05, 4.69) is 10.3 Å². The highest BCUT2D eigenvalue weighted by Crippen LogP contribution is 2.26. The molecule has 3 unspecified atom stereocenters. The van der Waals surface area contributed by atoms with Crippen molar-refractivity contribution < 1.29 is 23.6 Å². The van der Waals surface area contributed by atoms with E-state index >= 15 is 0 Å². The van der Waals surface area contributed by atoms with Crippen molar-refractivity contribution in [2.45, 2.75) is 24.7 Å². The zero-order chi connectivity index (χ0) is 21.1. The van der Waals surface area contributed by atoms with Crippen molar-refractivity contribution >= 4 is 16.4 Å². The molecule has 1 amide bonds. The number of aliphatic hydroxyl groups is 1. The van der Waals surface area contributed by atoms with Gasteiger partial charge in [-0.25, -0.2) is 9.78 Å². The van der Waals surface area contributed by atoms with E-state index in [1.54, 1.807) is 19.1 Å². The Morgan fingerprint density at radius 1 is 1.27 bits per heavy atom. The number of amides is 1. The van der Waals surface area contributed by atoms with Crippen LogP contribution in [0.5, 0.6) is 5.75 Å². The maximum Gasteiger partial charge on any atom is 0.427 e. The van der Waals surface area contributed by atoms with E-state index in [9.17, 15) is 14.5 Å². The molecule has 4 rings (SSSR count). The van der Waals surface area contributed by atoms with Crippen LogP contribution in [0.25, 0.3) is 11.5 Å². The van der Waals surface area contributed by atoms with Crippen molar-refractivity contribution in [1.82, 2.24) is 10.3 Å². The summed E-state index contributed by atoms with van der Waals surface area (Å²) in [6, 6.07) is 16.8. The third-order valence-electron chi connectivity index (χ3n) is 4.92. The molecule has 0 saturated carbocycles. The third-order valence-corrected chi connectivity index (χ3v) is 6.37. The molecule has 0 spiro atoms. The lowest BCUT2D eigenvalue weighted by Crippen LogP contribution is -2.22. The first-order chi connectivity index (χ1) is 14.5. The third kappa shape index (κ3) is 4.51. The van der Waals surface area contributed by atoms with Gasteiger partial charge in [-0.1, -0.05) is 30.3 Å². The number of rotatable bonds is 7. The van der Waals surface area contributed by atoms with Crippen molar-refractivity contribution in [3.63, 3.8) is 0 Å². The maximum atomic E-state index is 11.8. The number of hydrogen-bond donors (Lipinski definition) is 2. The highest BCUT2D eigenvalue weighted by atomic mass is 32.2. The number of hydrogen-bond acceptors (Lipinski definition) is 6. The summed E-state index contributed by atoms with van der Waals surface area (Å²) in [5.41, 5.74) is 2.26. The molecule has 3 aromatic rings. The topological polar surface area (TPSA) is 108 Å². The summed E-state index contributed by atoms with van der Waals surface area (Å²) >= 11 is -1.49. The Labute approximate surface area is 177 Å². The Balaban J connectivity index is 1.34. The van der Waals surface area contributed by atoms with Crippen LogP contribution in [0.15, 0.2) is 59.0 Å². The maximum absolute atomic E-state index is 11.8. The van der Waals surface area contributed by atoms with E-state index in [0.717, 1.165) is 11.1 Å². The fourth-order valence-corrected chi connectivity index (χ4v) is 4.41. The number of nitrogens with zero attached hydrogens (tertiary/aromatic N) is 1. The van der Waals surface area contributed by atoms with Crippen molar-refractivity contribution in [2.75, 3.05) is 13.2 Å². The highest BCUT2D eigenvalue weighted by Gasteiger charge is 2.37. The van der Waals surface area contributed by atoms with Crippen LogP contribution in [0.3, 0.4) is 0 Å². The number of aliphatic hydroxyl groups excluding tert-OH is 1. The van der Waals surface area contributed by atoms with E-state index in [4.69, 9.17) is 9.15 Å². The minimum absolute atomic E-state index is 0.0337. The van der Waals surface area contributed by atoms with Gasteiger partial charge in [0.2, 0.25) is 5.89 Å². The van der Waals surface area contributed by atoms with Gasteiger partial charge in [-0.3, -0.25) is 0 Å². The Morgan fingerprint density at radius 2 is 2.00 bits per heavy atom. The SMILES string of the molecule is Cc1oc(-c2ccccc2)nc1C(O)COc1ccc(CC2CNC(=O)[S+]2[O-])cc1. The van der Waals surface area contributed by atoms with Gasteiger partial charge in [-0.05, 0) is 36.8 Å². The Kier molecular flexibility index (Phi) is 6.08. The number of ether oxygens (including phenoxy) is 1. The average molecular weight is 426 g/mol. The number of nitrogens with one attached hydrogen (secondary N) is 1. The molecule has 2 heterocycles. The van der Waals surface area contributed by atoms with Gasteiger partial charge in [0.15, 0.2) is 0 Å². The standard InChI is InChI=1S/C22H22N2O5S/c1-14-20(24-21(29-14)16-5-3-2-4-6-16)19(25)13-28-17-9-7-15(8-10-17)11-18-12-23-22(26)30(18)27/h2-10,18-19,25H,11-13H2,1H3,(H,23,26). The number of benzene rings is 2. The second kappa shape index (κ2) is 8.91. The van der Waals surface area contributed by atoms with Gasteiger partial charge in [-0.2, -0.15) is 0 Å². The molecule has 3 atom stereocenters. The molecule has 2 N–H and O–H groups in total. The van der Waals surface area contributed by atoms with Crippen molar-refractivity contribution in [3.8, 4) is 17.2 Å². The van der Waals surface area contributed by atoms with E-state index < -0.39 is 22.5 Å². The van der Waals surface area contributed by atoms with Gasteiger partial charge < -0.3 is 24.1 Å². The van der Waals surface area contributed by atoms with Crippen molar-refractivity contribution in [1.29, 1.82) is 0 Å². The zero-order valence-electron chi connectivity index (χ0n) is 16.4. The van der Waals surface area contributed by atoms with Crippen LogP contribution < -0.4 is 10.1 Å². The summed E-state index contributed by atoms with van der Waals surface area (Å²) in [7, 11) is 0. The van der Waals surface area contributed by atoms with Gasteiger partial charge >= 0.3 is 5.24 Å². The lowest BCUT2D eigenvalue weighted by Gasteiger charge is -2.12. The van der Waals surface area contributed by atoms with Crippen molar-refractivity contribution in [3.05, 3.63) is 71.6 Å². The first kappa shape index (κ1) is 20.5. The first-order valence-electron chi connectivity index (χ1n) is 9.62. The lowest BCUT2D eigenvalue weighted by atomic mass is 10.1. The molecule has 2 aromatic carbocycles. The molecular formula is C22H22N2O5S. The summed E-state index contributed by atoms with van der Waals surface area (Å²) in [5, 5.41) is 12.5. The Bertz CT molecular complexity index is 1010. The second-order valence-electron chi connectivity index (χ2n) is 7.09. The fraction of sp³-hybridized carbons (Fsp3) is 0.273. The molecule has 1 aromatic heterocycles. The number of oxazole rings is 1. The van der Waals surface area contributed by atoms with Gasteiger partial charge in [-0.15, -0.1) is 0 Å². The molecule has 30 heavy (non-hydrogen) atoms. The predicted molar refractivity (Wildman–Crippen MR) is 113 cm³/mol. The van der Waals surface area contributed by atoms with E-state index in [1.165, 1.54) is 0 Å². The monoisotopic (exact) mass is 426 g/mol. The van der Waals surface area contributed by atoms with E-state index in [1.807, 2.05) is 42.5 Å². The molecule has 1 aliphatic rings. The lowest BCUT2D eigenvalue weighted by molar-refractivity contribution is 0.104. The number of carbonyl (C=O) groups is 1. The van der Waals surface area contributed by atoms with Crippen molar-refractivity contribution in [2.24, 2.45) is 0 Å². The Morgan fingerprint density at radius 3 is 2.67 bits per heavy atom. The summed E-state index contributed by atoms with van der Waals surface area (Å²) in [5.74, 6) is 1.61. The van der Waals surface area contributed by atoms with Crippen LogP contribution in [0, 0.1) is 6.92 Å². The molecule has 156 valence electrons. The summed E-state index contributed by atoms with van der Waals surface area (Å²) in [6.45, 7) is 2.23. The molecular weight excluding hydrogens is 404 g/mol. The number of aryl methyl sites for hydroxylation is 1. The Hall–Kier alpha value is -2.81. The van der Waals surface area contributed by atoms with Gasteiger partial charge in [0, 0.05) is 12.0 Å².